The van der Waals surface area contributed by atoms with Crippen LogP contribution < -0.4 is 5.73 Å². The summed E-state index contributed by atoms with van der Waals surface area (Å²) in [5.74, 6) is 0. The fraction of sp³-hybridized carbons (Fsp3) is 0.455. The smallest absolute Gasteiger partial charge is 0.177 e. The van der Waals surface area contributed by atoms with Crippen molar-refractivity contribution in [2.45, 2.75) is 31.1 Å². The van der Waals surface area contributed by atoms with Gasteiger partial charge in [-0.2, -0.15) is 0 Å². The van der Waals surface area contributed by atoms with Gasteiger partial charge in [-0.1, -0.05) is 26.8 Å². The lowest BCUT2D eigenvalue weighted by Gasteiger charge is -2.20. The molecule has 0 aliphatic carbocycles. The lowest BCUT2D eigenvalue weighted by atomic mass is 9.87. The van der Waals surface area contributed by atoms with Crippen molar-refractivity contribution < 1.29 is 8.42 Å². The second kappa shape index (κ2) is 3.52. The van der Waals surface area contributed by atoms with E-state index in [1.165, 1.54) is 6.26 Å². The molecule has 15 heavy (non-hydrogen) atoms. The third-order valence-corrected chi connectivity index (χ3v) is 3.43. The molecule has 0 saturated carbocycles. The molecule has 1 rings (SSSR count). The Morgan fingerprint density at radius 1 is 1.20 bits per heavy atom. The number of benzene rings is 1. The van der Waals surface area contributed by atoms with E-state index in [1.54, 1.807) is 12.1 Å². The number of rotatable bonds is 1. The highest BCUT2D eigenvalue weighted by Crippen LogP contribution is 2.27. The Morgan fingerprint density at radius 3 is 2.13 bits per heavy atom. The molecule has 0 heterocycles. The fourth-order valence-corrected chi connectivity index (χ4v) is 2.16. The Kier molecular flexibility index (Phi) is 2.83. The van der Waals surface area contributed by atoms with Crippen LogP contribution in [-0.4, -0.2) is 14.7 Å². The summed E-state index contributed by atoms with van der Waals surface area (Å²) >= 11 is 0. The summed E-state index contributed by atoms with van der Waals surface area (Å²) < 4.78 is 22.9. The molecule has 2 N–H and O–H groups in total. The maximum atomic E-state index is 11.5. The first-order valence-electron chi connectivity index (χ1n) is 4.72. The predicted octanol–water partition coefficient (Wildman–Crippen LogP) is 1.97. The van der Waals surface area contributed by atoms with Crippen molar-refractivity contribution in [3.05, 3.63) is 23.8 Å². The zero-order valence-corrected chi connectivity index (χ0v) is 10.4. The van der Waals surface area contributed by atoms with Gasteiger partial charge in [-0.25, -0.2) is 8.42 Å². The van der Waals surface area contributed by atoms with Crippen LogP contribution in [0.3, 0.4) is 0 Å². The Bertz CT molecular complexity index is 470. The van der Waals surface area contributed by atoms with E-state index in [4.69, 9.17) is 5.73 Å². The van der Waals surface area contributed by atoms with E-state index in [1.807, 2.05) is 26.8 Å². The number of nitrogens with two attached hydrogens (primary N) is 1. The van der Waals surface area contributed by atoms with Gasteiger partial charge in [0.05, 0.1) is 10.6 Å². The molecule has 0 radical (unpaired) electrons. The monoisotopic (exact) mass is 227 g/mol. The molecule has 0 aliphatic heterocycles. The van der Waals surface area contributed by atoms with Crippen molar-refractivity contribution in [2.24, 2.45) is 0 Å². The highest BCUT2D eigenvalue weighted by atomic mass is 32.2. The van der Waals surface area contributed by atoms with Crippen LogP contribution in [0.4, 0.5) is 5.69 Å². The van der Waals surface area contributed by atoms with Crippen molar-refractivity contribution in [1.29, 1.82) is 0 Å². The number of nitrogen functional groups attached to an aromatic ring is 1. The minimum absolute atomic E-state index is 0.0763. The van der Waals surface area contributed by atoms with Crippen molar-refractivity contribution in [3.63, 3.8) is 0 Å². The van der Waals surface area contributed by atoms with Gasteiger partial charge < -0.3 is 5.73 Å². The summed E-state index contributed by atoms with van der Waals surface area (Å²) in [6.45, 7) is 6.10. The van der Waals surface area contributed by atoms with Gasteiger partial charge in [0.25, 0.3) is 0 Å². The van der Waals surface area contributed by atoms with E-state index in [0.717, 1.165) is 5.56 Å². The second-order valence-corrected chi connectivity index (χ2v) is 6.76. The zero-order valence-electron chi connectivity index (χ0n) is 9.53. The number of sulfone groups is 1. The van der Waals surface area contributed by atoms with Crippen molar-refractivity contribution >= 4 is 15.5 Å². The SMILES string of the molecule is CC(C)(C)c1ccc(N)c(S(C)(=O)=O)c1. The molecular formula is C11H17NO2S. The van der Waals surface area contributed by atoms with E-state index >= 15 is 0 Å². The van der Waals surface area contributed by atoms with Crippen LogP contribution in [0.15, 0.2) is 23.1 Å². The first-order valence-corrected chi connectivity index (χ1v) is 6.61. The topological polar surface area (TPSA) is 60.2 Å². The minimum Gasteiger partial charge on any atom is -0.398 e. The van der Waals surface area contributed by atoms with Crippen LogP contribution in [0.5, 0.6) is 0 Å². The Labute approximate surface area is 91.2 Å². The van der Waals surface area contributed by atoms with Crippen LogP contribution >= 0.6 is 0 Å². The second-order valence-electron chi connectivity index (χ2n) is 4.77. The first kappa shape index (κ1) is 12.0. The summed E-state index contributed by atoms with van der Waals surface area (Å²) in [4.78, 5) is 0.218. The maximum absolute atomic E-state index is 11.5. The summed E-state index contributed by atoms with van der Waals surface area (Å²) in [5, 5.41) is 0. The van der Waals surface area contributed by atoms with Gasteiger partial charge in [-0.3, -0.25) is 0 Å². The van der Waals surface area contributed by atoms with Gasteiger partial charge in [0, 0.05) is 6.26 Å². The molecule has 0 unspecified atom stereocenters. The van der Waals surface area contributed by atoms with E-state index in [-0.39, 0.29) is 10.3 Å². The lowest BCUT2D eigenvalue weighted by molar-refractivity contribution is 0.585. The van der Waals surface area contributed by atoms with Gasteiger partial charge >= 0.3 is 0 Å². The highest BCUT2D eigenvalue weighted by Gasteiger charge is 2.18. The average Bonchev–Trinajstić information content (AvgIpc) is 2.00. The molecular weight excluding hydrogens is 210 g/mol. The van der Waals surface area contributed by atoms with Gasteiger partial charge in [-0.15, -0.1) is 0 Å². The normalized spacial score (nSPS) is 12.8. The molecule has 0 atom stereocenters. The number of anilines is 1. The molecule has 3 nitrogen and oxygen atoms in total. The van der Waals surface area contributed by atoms with Gasteiger partial charge in [0.1, 0.15) is 0 Å². The predicted molar refractivity (Wildman–Crippen MR) is 62.7 cm³/mol. The minimum atomic E-state index is -3.24. The summed E-state index contributed by atoms with van der Waals surface area (Å²) in [6.07, 6.45) is 1.17. The summed E-state index contributed by atoms with van der Waals surface area (Å²) in [5.41, 5.74) is 6.84. The molecule has 0 saturated heterocycles. The van der Waals surface area contributed by atoms with Crippen molar-refractivity contribution in [3.8, 4) is 0 Å². The maximum Gasteiger partial charge on any atom is 0.177 e. The van der Waals surface area contributed by atoms with Crippen LogP contribution in [0.25, 0.3) is 0 Å². The standard InChI is InChI=1S/C11H17NO2S/c1-11(2,3)8-5-6-9(12)10(7-8)15(4,13)14/h5-7H,12H2,1-4H3. The quantitative estimate of drug-likeness (QED) is 0.746. The zero-order chi connectivity index (χ0) is 11.9. The summed E-state index contributed by atoms with van der Waals surface area (Å²) in [7, 11) is -3.24. The van der Waals surface area contributed by atoms with Gasteiger partial charge in [-0.05, 0) is 23.1 Å². The van der Waals surface area contributed by atoms with Crippen LogP contribution in [0.1, 0.15) is 26.3 Å². The van der Waals surface area contributed by atoms with Crippen LogP contribution in [0.2, 0.25) is 0 Å². The molecule has 0 fully saturated rings. The fourth-order valence-electron chi connectivity index (χ4n) is 1.32. The third-order valence-electron chi connectivity index (χ3n) is 2.28. The molecule has 4 heteroatoms. The Hall–Kier alpha value is -1.03. The van der Waals surface area contributed by atoms with E-state index in [0.29, 0.717) is 5.69 Å². The highest BCUT2D eigenvalue weighted by molar-refractivity contribution is 7.90. The molecule has 0 aromatic heterocycles. The van der Waals surface area contributed by atoms with Gasteiger partial charge in [0.15, 0.2) is 9.84 Å². The van der Waals surface area contributed by atoms with Crippen molar-refractivity contribution in [1.82, 2.24) is 0 Å². The first-order chi connectivity index (χ1) is 6.62. The summed E-state index contributed by atoms with van der Waals surface area (Å²) in [6, 6.07) is 5.17. The molecule has 0 spiro atoms. The largest absolute Gasteiger partial charge is 0.398 e. The number of hydrogen-bond acceptors (Lipinski definition) is 3. The molecule has 0 aliphatic rings. The Balaban J connectivity index is 3.43. The molecule has 0 amide bonds. The lowest BCUT2D eigenvalue weighted by Crippen LogP contribution is -2.13. The Morgan fingerprint density at radius 2 is 1.73 bits per heavy atom. The number of hydrogen-bond donors (Lipinski definition) is 1. The average molecular weight is 227 g/mol. The molecule has 84 valence electrons. The van der Waals surface area contributed by atoms with E-state index < -0.39 is 9.84 Å². The van der Waals surface area contributed by atoms with E-state index in [2.05, 4.69) is 0 Å². The third kappa shape index (κ3) is 2.72. The molecule has 0 bridgehead atoms. The molecule has 1 aromatic rings. The molecule has 1 aromatic carbocycles. The van der Waals surface area contributed by atoms with Crippen LogP contribution in [0, 0.1) is 0 Å². The van der Waals surface area contributed by atoms with E-state index in [9.17, 15) is 8.42 Å². The van der Waals surface area contributed by atoms with Crippen molar-refractivity contribution in [2.75, 3.05) is 12.0 Å². The van der Waals surface area contributed by atoms with Gasteiger partial charge in [0.2, 0.25) is 0 Å². The van der Waals surface area contributed by atoms with Crippen LogP contribution in [-0.2, 0) is 15.3 Å².